The van der Waals surface area contributed by atoms with Gasteiger partial charge in [-0.05, 0) is 53.7 Å². The number of benzene rings is 1. The predicted octanol–water partition coefficient (Wildman–Crippen LogP) is 3.29. The minimum atomic E-state index is 0.0367. The third kappa shape index (κ3) is 6.77. The lowest BCUT2D eigenvalue weighted by atomic mass is 10.1. The number of halogens is 1. The molecular weight excluding hydrogens is 336 g/mol. The van der Waals surface area contributed by atoms with E-state index in [1.165, 1.54) is 4.90 Å². The van der Waals surface area contributed by atoms with E-state index in [0.29, 0.717) is 0 Å². The summed E-state index contributed by atoms with van der Waals surface area (Å²) in [5.74, 6) is 1.25. The zero-order valence-corrected chi connectivity index (χ0v) is 14.5. The zero-order chi connectivity index (χ0) is 14.8. The van der Waals surface area contributed by atoms with Crippen LogP contribution in [0.5, 0.6) is 0 Å². The van der Waals surface area contributed by atoms with Crippen molar-refractivity contribution in [1.29, 1.82) is 0 Å². The highest BCUT2D eigenvalue weighted by Gasteiger charge is 2.10. The van der Waals surface area contributed by atoms with Crippen LogP contribution in [0.4, 0.5) is 0 Å². The van der Waals surface area contributed by atoms with E-state index >= 15 is 0 Å². The van der Waals surface area contributed by atoms with Gasteiger partial charge in [-0.3, -0.25) is 4.79 Å². The van der Waals surface area contributed by atoms with E-state index in [-0.39, 0.29) is 11.8 Å². The van der Waals surface area contributed by atoms with Gasteiger partial charge in [-0.15, -0.1) is 11.8 Å². The number of hydrogen-bond donors (Lipinski definition) is 2. The maximum absolute atomic E-state index is 11.7. The number of rotatable bonds is 9. The molecule has 1 aromatic carbocycles. The molecule has 1 atom stereocenters. The lowest BCUT2D eigenvalue weighted by Crippen LogP contribution is -2.34. The second-order valence-corrected chi connectivity index (χ2v) is 6.73. The van der Waals surface area contributed by atoms with Gasteiger partial charge >= 0.3 is 0 Å². The van der Waals surface area contributed by atoms with Crippen LogP contribution in [-0.2, 0) is 4.79 Å². The van der Waals surface area contributed by atoms with E-state index in [2.05, 4.69) is 44.8 Å². The van der Waals surface area contributed by atoms with Gasteiger partial charge in [0.15, 0.2) is 0 Å². The molecule has 1 amide bonds. The van der Waals surface area contributed by atoms with Crippen LogP contribution < -0.4 is 10.6 Å². The van der Waals surface area contributed by atoms with Gasteiger partial charge in [-0.25, -0.2) is 0 Å². The van der Waals surface area contributed by atoms with Crippen molar-refractivity contribution in [3.8, 4) is 0 Å². The quantitative estimate of drug-likeness (QED) is 0.525. The number of hydrogen-bond acceptors (Lipinski definition) is 3. The molecule has 0 aliphatic heterocycles. The minimum absolute atomic E-state index is 0.0367. The number of carbonyl (C=O) groups excluding carboxylic acids is 1. The Labute approximate surface area is 134 Å². The Hall–Kier alpha value is -0.520. The summed E-state index contributed by atoms with van der Waals surface area (Å²) in [5, 5.41) is 5.99. The lowest BCUT2D eigenvalue weighted by molar-refractivity contribution is -0.124. The maximum Gasteiger partial charge on any atom is 0.224 e. The Morgan fingerprint density at radius 2 is 2.10 bits per heavy atom. The molecule has 0 aliphatic rings. The van der Waals surface area contributed by atoms with Crippen LogP contribution in [0, 0.1) is 5.92 Å². The number of unbranched alkanes of at least 4 members (excludes halogenated alkanes) is 1. The molecule has 0 heterocycles. The molecule has 0 aliphatic carbocycles. The summed E-state index contributed by atoms with van der Waals surface area (Å²) >= 11 is 5.40. The SMILES string of the molecule is CNCC(C)C(=O)NCCCCSc1ccccc1Br. The van der Waals surface area contributed by atoms with Crippen molar-refractivity contribution in [3.05, 3.63) is 28.7 Å². The Morgan fingerprint density at radius 3 is 2.80 bits per heavy atom. The molecule has 2 N–H and O–H groups in total. The van der Waals surface area contributed by atoms with E-state index in [1.807, 2.05) is 31.8 Å². The Balaban J connectivity index is 2.08. The molecule has 1 rings (SSSR count). The van der Waals surface area contributed by atoms with Crippen LogP contribution in [0.15, 0.2) is 33.6 Å². The third-order valence-corrected chi connectivity index (χ3v) is 5.04. The minimum Gasteiger partial charge on any atom is -0.356 e. The van der Waals surface area contributed by atoms with Crippen LogP contribution >= 0.6 is 27.7 Å². The fourth-order valence-electron chi connectivity index (χ4n) is 1.76. The number of thioether (sulfide) groups is 1. The van der Waals surface area contributed by atoms with Crippen molar-refractivity contribution < 1.29 is 4.79 Å². The highest BCUT2D eigenvalue weighted by atomic mass is 79.9. The highest BCUT2D eigenvalue weighted by molar-refractivity contribution is 9.10. The van der Waals surface area contributed by atoms with Gasteiger partial charge in [0.1, 0.15) is 0 Å². The molecule has 3 nitrogen and oxygen atoms in total. The van der Waals surface area contributed by atoms with Gasteiger partial charge in [-0.2, -0.15) is 0 Å². The topological polar surface area (TPSA) is 41.1 Å². The Kier molecular flexibility index (Phi) is 8.98. The van der Waals surface area contributed by atoms with Gasteiger partial charge in [0, 0.05) is 28.4 Å². The summed E-state index contributed by atoms with van der Waals surface area (Å²) in [7, 11) is 1.86. The fraction of sp³-hybridized carbons (Fsp3) is 0.533. The van der Waals surface area contributed by atoms with E-state index in [4.69, 9.17) is 0 Å². The van der Waals surface area contributed by atoms with Crippen LogP contribution in [-0.4, -0.2) is 31.8 Å². The third-order valence-electron chi connectivity index (χ3n) is 2.92. The van der Waals surface area contributed by atoms with Crippen molar-refractivity contribution in [2.24, 2.45) is 5.92 Å². The van der Waals surface area contributed by atoms with E-state index < -0.39 is 0 Å². The van der Waals surface area contributed by atoms with Crippen LogP contribution in [0.3, 0.4) is 0 Å². The molecule has 0 spiro atoms. The van der Waals surface area contributed by atoms with Crippen molar-refractivity contribution in [2.75, 3.05) is 25.9 Å². The first-order valence-electron chi connectivity index (χ1n) is 6.94. The van der Waals surface area contributed by atoms with Gasteiger partial charge in [0.05, 0.1) is 0 Å². The normalized spacial score (nSPS) is 12.2. The van der Waals surface area contributed by atoms with Crippen molar-refractivity contribution in [2.45, 2.75) is 24.7 Å². The highest BCUT2D eigenvalue weighted by Crippen LogP contribution is 2.27. The summed E-state index contributed by atoms with van der Waals surface area (Å²) in [6.45, 7) is 3.43. The largest absolute Gasteiger partial charge is 0.356 e. The molecule has 20 heavy (non-hydrogen) atoms. The standard InChI is InChI=1S/C15H23BrN2OS/c1-12(11-17-2)15(19)18-9-5-6-10-20-14-8-4-3-7-13(14)16/h3-4,7-8,12,17H,5-6,9-11H2,1-2H3,(H,18,19). The first-order valence-corrected chi connectivity index (χ1v) is 8.72. The monoisotopic (exact) mass is 358 g/mol. The van der Waals surface area contributed by atoms with Gasteiger partial charge in [0.25, 0.3) is 0 Å². The number of carbonyl (C=O) groups is 1. The molecular formula is C15H23BrN2OS. The molecule has 112 valence electrons. The molecule has 5 heteroatoms. The Bertz CT molecular complexity index is 415. The predicted molar refractivity (Wildman–Crippen MR) is 90.2 cm³/mol. The van der Waals surface area contributed by atoms with Crippen molar-refractivity contribution in [3.63, 3.8) is 0 Å². The molecule has 0 saturated carbocycles. The second kappa shape index (κ2) is 10.2. The maximum atomic E-state index is 11.7. The molecule has 0 fully saturated rings. The van der Waals surface area contributed by atoms with E-state index in [0.717, 1.165) is 36.2 Å². The van der Waals surface area contributed by atoms with Gasteiger partial charge in [-0.1, -0.05) is 19.1 Å². The van der Waals surface area contributed by atoms with Gasteiger partial charge < -0.3 is 10.6 Å². The van der Waals surface area contributed by atoms with Crippen LogP contribution in [0.2, 0.25) is 0 Å². The molecule has 0 aromatic heterocycles. The number of nitrogens with one attached hydrogen (secondary N) is 2. The molecule has 0 radical (unpaired) electrons. The van der Waals surface area contributed by atoms with Crippen LogP contribution in [0.1, 0.15) is 19.8 Å². The first kappa shape index (κ1) is 17.5. The average Bonchev–Trinajstić information content (AvgIpc) is 2.44. The molecule has 1 aromatic rings. The van der Waals surface area contributed by atoms with Crippen molar-refractivity contribution in [1.82, 2.24) is 10.6 Å². The molecule has 0 bridgehead atoms. The smallest absolute Gasteiger partial charge is 0.224 e. The summed E-state index contributed by atoms with van der Waals surface area (Å²) in [6, 6.07) is 8.26. The van der Waals surface area contributed by atoms with Gasteiger partial charge in [0.2, 0.25) is 5.91 Å². The van der Waals surface area contributed by atoms with E-state index in [9.17, 15) is 4.79 Å². The second-order valence-electron chi connectivity index (χ2n) is 4.74. The first-order chi connectivity index (χ1) is 9.65. The summed E-state index contributed by atoms with van der Waals surface area (Å²) in [4.78, 5) is 12.9. The fourth-order valence-corrected chi connectivity index (χ4v) is 3.33. The summed E-state index contributed by atoms with van der Waals surface area (Å²) < 4.78 is 1.15. The average molecular weight is 359 g/mol. The number of amides is 1. The van der Waals surface area contributed by atoms with Crippen molar-refractivity contribution >= 4 is 33.6 Å². The lowest BCUT2D eigenvalue weighted by Gasteiger charge is -2.11. The Morgan fingerprint density at radius 1 is 1.35 bits per heavy atom. The van der Waals surface area contributed by atoms with Crippen LogP contribution in [0.25, 0.3) is 0 Å². The zero-order valence-electron chi connectivity index (χ0n) is 12.1. The molecule has 1 unspecified atom stereocenters. The molecule has 0 saturated heterocycles. The summed E-state index contributed by atoms with van der Waals surface area (Å²) in [5.41, 5.74) is 0. The summed E-state index contributed by atoms with van der Waals surface area (Å²) in [6.07, 6.45) is 2.13. The van der Waals surface area contributed by atoms with E-state index in [1.54, 1.807) is 0 Å².